The maximum Gasteiger partial charge on any atom is 0.0564 e. The summed E-state index contributed by atoms with van der Waals surface area (Å²) in [5.41, 5.74) is 0. The van der Waals surface area contributed by atoms with E-state index in [1.807, 2.05) is 6.92 Å². The Kier molecular flexibility index (Phi) is 3.98. The van der Waals surface area contributed by atoms with Crippen molar-refractivity contribution in [3.05, 3.63) is 0 Å². The van der Waals surface area contributed by atoms with Crippen molar-refractivity contribution in [2.24, 2.45) is 0 Å². The Morgan fingerprint density at radius 2 is 2.00 bits per heavy atom. The molecule has 0 saturated carbocycles. The lowest BCUT2D eigenvalue weighted by Gasteiger charge is -2.29. The first kappa shape index (κ1) is 9.96. The van der Waals surface area contributed by atoms with Gasteiger partial charge in [0, 0.05) is 19.6 Å². The number of hydrogen-bond donors (Lipinski definition) is 2. The fourth-order valence-electron chi connectivity index (χ4n) is 1.51. The zero-order chi connectivity index (χ0) is 8.97. The second-order valence-corrected chi connectivity index (χ2v) is 3.71. The van der Waals surface area contributed by atoms with Gasteiger partial charge in [-0.05, 0) is 26.2 Å². The van der Waals surface area contributed by atoms with Crippen molar-refractivity contribution in [1.82, 2.24) is 4.90 Å². The first-order valence-electron chi connectivity index (χ1n) is 4.77. The first-order chi connectivity index (χ1) is 5.68. The van der Waals surface area contributed by atoms with Gasteiger partial charge >= 0.3 is 0 Å². The molecular weight excluding hydrogens is 154 g/mol. The van der Waals surface area contributed by atoms with Crippen LogP contribution in [0, 0.1) is 0 Å². The molecule has 1 aliphatic heterocycles. The molecule has 0 aliphatic carbocycles. The fourth-order valence-corrected chi connectivity index (χ4v) is 1.51. The van der Waals surface area contributed by atoms with Crippen molar-refractivity contribution in [2.45, 2.75) is 38.4 Å². The van der Waals surface area contributed by atoms with E-state index in [4.69, 9.17) is 5.11 Å². The molecule has 1 unspecified atom stereocenters. The third-order valence-corrected chi connectivity index (χ3v) is 2.42. The van der Waals surface area contributed by atoms with Gasteiger partial charge in [-0.3, -0.25) is 0 Å². The van der Waals surface area contributed by atoms with Crippen LogP contribution in [0.4, 0.5) is 0 Å². The maximum absolute atomic E-state index is 9.23. The van der Waals surface area contributed by atoms with E-state index < -0.39 is 0 Å². The predicted molar refractivity (Wildman–Crippen MR) is 48.0 cm³/mol. The van der Waals surface area contributed by atoms with E-state index in [9.17, 15) is 5.11 Å². The smallest absolute Gasteiger partial charge is 0.0564 e. The summed E-state index contributed by atoms with van der Waals surface area (Å²) in [5, 5.41) is 18.3. The topological polar surface area (TPSA) is 43.7 Å². The van der Waals surface area contributed by atoms with E-state index in [1.54, 1.807) is 0 Å². The van der Waals surface area contributed by atoms with E-state index in [-0.39, 0.29) is 12.2 Å². The highest BCUT2D eigenvalue weighted by Gasteiger charge is 2.16. The van der Waals surface area contributed by atoms with Gasteiger partial charge < -0.3 is 15.1 Å². The van der Waals surface area contributed by atoms with Crippen molar-refractivity contribution < 1.29 is 10.2 Å². The standard InChI is InChI=1S/C9H19NO2/c1-8(11)2-5-10-6-3-9(12)4-7-10/h8-9,11-12H,2-7H2,1H3. The van der Waals surface area contributed by atoms with Gasteiger partial charge in [0.15, 0.2) is 0 Å². The summed E-state index contributed by atoms with van der Waals surface area (Å²) in [7, 11) is 0. The number of hydrogen-bond acceptors (Lipinski definition) is 3. The Labute approximate surface area is 74.0 Å². The van der Waals surface area contributed by atoms with Gasteiger partial charge in [-0.1, -0.05) is 0 Å². The van der Waals surface area contributed by atoms with E-state index >= 15 is 0 Å². The molecule has 3 nitrogen and oxygen atoms in total. The SMILES string of the molecule is CC(O)CCN1CCC(O)CC1. The second-order valence-electron chi connectivity index (χ2n) is 3.71. The number of rotatable bonds is 3. The highest BCUT2D eigenvalue weighted by atomic mass is 16.3. The summed E-state index contributed by atoms with van der Waals surface area (Å²) >= 11 is 0. The molecule has 1 fully saturated rings. The largest absolute Gasteiger partial charge is 0.393 e. The monoisotopic (exact) mass is 173 g/mol. The van der Waals surface area contributed by atoms with Crippen LogP contribution in [0.15, 0.2) is 0 Å². The summed E-state index contributed by atoms with van der Waals surface area (Å²) < 4.78 is 0. The Bertz CT molecular complexity index is 120. The number of aliphatic hydroxyl groups excluding tert-OH is 2. The molecule has 0 spiro atoms. The number of piperidine rings is 1. The van der Waals surface area contributed by atoms with Gasteiger partial charge in [0.2, 0.25) is 0 Å². The quantitative estimate of drug-likeness (QED) is 0.641. The Morgan fingerprint density at radius 1 is 1.42 bits per heavy atom. The third-order valence-electron chi connectivity index (χ3n) is 2.42. The molecule has 1 atom stereocenters. The van der Waals surface area contributed by atoms with Crippen molar-refractivity contribution in [1.29, 1.82) is 0 Å². The van der Waals surface area contributed by atoms with Crippen LogP contribution in [0.1, 0.15) is 26.2 Å². The molecule has 0 aromatic heterocycles. The number of nitrogens with zero attached hydrogens (tertiary/aromatic N) is 1. The summed E-state index contributed by atoms with van der Waals surface area (Å²) in [4.78, 5) is 2.31. The molecule has 0 aromatic rings. The van der Waals surface area contributed by atoms with Crippen LogP contribution in [0.25, 0.3) is 0 Å². The van der Waals surface area contributed by atoms with Crippen LogP contribution in [-0.4, -0.2) is 47.0 Å². The van der Waals surface area contributed by atoms with Gasteiger partial charge in [0.25, 0.3) is 0 Å². The Balaban J connectivity index is 2.09. The van der Waals surface area contributed by atoms with Crippen LogP contribution >= 0.6 is 0 Å². The Morgan fingerprint density at radius 3 is 2.50 bits per heavy atom. The molecule has 1 heterocycles. The van der Waals surface area contributed by atoms with Crippen molar-refractivity contribution in [3.63, 3.8) is 0 Å². The lowest BCUT2D eigenvalue weighted by molar-refractivity contribution is 0.0734. The molecule has 3 heteroatoms. The van der Waals surface area contributed by atoms with Crippen LogP contribution in [-0.2, 0) is 0 Å². The van der Waals surface area contributed by atoms with E-state index in [2.05, 4.69) is 4.90 Å². The minimum absolute atomic E-state index is 0.0900. The molecule has 0 bridgehead atoms. The van der Waals surface area contributed by atoms with Gasteiger partial charge in [0.05, 0.1) is 12.2 Å². The van der Waals surface area contributed by atoms with E-state index in [1.165, 1.54) is 0 Å². The van der Waals surface area contributed by atoms with Crippen LogP contribution < -0.4 is 0 Å². The van der Waals surface area contributed by atoms with Crippen LogP contribution in [0.5, 0.6) is 0 Å². The summed E-state index contributed by atoms with van der Waals surface area (Å²) in [6.07, 6.45) is 2.33. The fraction of sp³-hybridized carbons (Fsp3) is 1.00. The number of aliphatic hydroxyl groups is 2. The summed E-state index contributed by atoms with van der Waals surface area (Å²) in [6.45, 7) is 4.74. The molecule has 1 aliphatic rings. The highest BCUT2D eigenvalue weighted by molar-refractivity contribution is 4.71. The van der Waals surface area contributed by atoms with Crippen molar-refractivity contribution in [3.8, 4) is 0 Å². The highest BCUT2D eigenvalue weighted by Crippen LogP contribution is 2.10. The van der Waals surface area contributed by atoms with Crippen molar-refractivity contribution >= 4 is 0 Å². The van der Waals surface area contributed by atoms with Crippen molar-refractivity contribution in [2.75, 3.05) is 19.6 Å². The minimum atomic E-state index is -0.197. The molecule has 12 heavy (non-hydrogen) atoms. The molecule has 0 aromatic carbocycles. The normalized spacial score (nSPS) is 24.2. The molecule has 0 amide bonds. The maximum atomic E-state index is 9.23. The number of likely N-dealkylation sites (tertiary alicyclic amines) is 1. The molecule has 1 rings (SSSR count). The van der Waals surface area contributed by atoms with Gasteiger partial charge in [0.1, 0.15) is 0 Å². The molecule has 2 N–H and O–H groups in total. The van der Waals surface area contributed by atoms with E-state index in [0.717, 1.165) is 38.9 Å². The minimum Gasteiger partial charge on any atom is -0.393 e. The average Bonchev–Trinajstić information content (AvgIpc) is 2.03. The van der Waals surface area contributed by atoms with Gasteiger partial charge in [-0.15, -0.1) is 0 Å². The average molecular weight is 173 g/mol. The van der Waals surface area contributed by atoms with Gasteiger partial charge in [-0.2, -0.15) is 0 Å². The second kappa shape index (κ2) is 4.80. The molecule has 1 saturated heterocycles. The summed E-state index contributed by atoms with van der Waals surface area (Å²) in [5.74, 6) is 0. The van der Waals surface area contributed by atoms with Gasteiger partial charge in [-0.25, -0.2) is 0 Å². The zero-order valence-corrected chi connectivity index (χ0v) is 7.74. The first-order valence-corrected chi connectivity index (χ1v) is 4.77. The predicted octanol–water partition coefficient (Wildman–Crippen LogP) is 0.214. The lowest BCUT2D eigenvalue weighted by Crippen LogP contribution is -2.37. The molecular formula is C9H19NO2. The molecule has 72 valence electrons. The lowest BCUT2D eigenvalue weighted by atomic mass is 10.1. The molecule has 0 radical (unpaired) electrons. The Hall–Kier alpha value is -0.120. The summed E-state index contributed by atoms with van der Waals surface area (Å²) in [6, 6.07) is 0. The van der Waals surface area contributed by atoms with Crippen LogP contribution in [0.3, 0.4) is 0 Å². The van der Waals surface area contributed by atoms with Crippen LogP contribution in [0.2, 0.25) is 0 Å². The van der Waals surface area contributed by atoms with E-state index in [0.29, 0.717) is 0 Å². The third kappa shape index (κ3) is 3.52. The zero-order valence-electron chi connectivity index (χ0n) is 7.74.